The summed E-state index contributed by atoms with van der Waals surface area (Å²) in [5, 5.41) is 13.9. The molecule has 0 aliphatic carbocycles. The highest BCUT2D eigenvalue weighted by molar-refractivity contribution is 7.13. The molecule has 9 heteroatoms. The average Bonchev–Trinajstić information content (AvgIpc) is 2.95. The minimum Gasteiger partial charge on any atom is -0.403 e. The fourth-order valence-corrected chi connectivity index (χ4v) is 3.18. The lowest BCUT2D eigenvalue weighted by molar-refractivity contribution is -0.380. The fourth-order valence-electron chi connectivity index (χ4n) is 2.39. The van der Waals surface area contributed by atoms with Gasteiger partial charge in [0.05, 0.1) is 11.5 Å². The Morgan fingerprint density at radius 1 is 1.50 bits per heavy atom. The van der Waals surface area contributed by atoms with Crippen molar-refractivity contribution in [3.8, 4) is 5.75 Å². The first kappa shape index (κ1) is 13.0. The molecule has 1 aromatic rings. The zero-order valence-corrected chi connectivity index (χ0v) is 11.4. The van der Waals surface area contributed by atoms with Gasteiger partial charge in [-0.05, 0) is 6.42 Å². The van der Waals surface area contributed by atoms with Crippen LogP contribution in [0.1, 0.15) is 18.4 Å². The van der Waals surface area contributed by atoms with Gasteiger partial charge in [0.2, 0.25) is 11.8 Å². The third-order valence-electron chi connectivity index (χ3n) is 3.50. The van der Waals surface area contributed by atoms with Crippen molar-refractivity contribution >= 4 is 28.2 Å². The molecule has 3 heterocycles. The minimum absolute atomic E-state index is 0.0372. The van der Waals surface area contributed by atoms with E-state index in [9.17, 15) is 19.7 Å². The average molecular weight is 297 g/mol. The number of nitro groups is 1. The van der Waals surface area contributed by atoms with E-state index in [4.69, 9.17) is 4.84 Å². The van der Waals surface area contributed by atoms with Crippen LogP contribution in [-0.2, 0) is 16.1 Å². The maximum absolute atomic E-state index is 12.1. The first-order valence-electron chi connectivity index (χ1n) is 5.99. The van der Waals surface area contributed by atoms with Crippen LogP contribution < -0.4 is 4.84 Å². The summed E-state index contributed by atoms with van der Waals surface area (Å²) < 4.78 is 0. The van der Waals surface area contributed by atoms with E-state index in [0.717, 1.165) is 16.2 Å². The number of carbonyl (C=O) groups is 2. The Bertz CT molecular complexity index is 613. The van der Waals surface area contributed by atoms with Crippen LogP contribution in [0.3, 0.4) is 0 Å². The molecule has 1 atom stereocenters. The number of amides is 2. The predicted octanol–water partition coefficient (Wildman–Crippen LogP) is 0.913. The molecule has 1 unspecified atom stereocenters. The number of rotatable bonds is 2. The Morgan fingerprint density at radius 3 is 2.95 bits per heavy atom. The van der Waals surface area contributed by atoms with E-state index in [1.165, 1.54) is 12.1 Å². The second-order valence-electron chi connectivity index (χ2n) is 4.65. The topological polar surface area (TPSA) is 93.0 Å². The standard InChI is InChI=1S/C11H11N3O5S/c1-12-9(15)3-2-7(10(12)16)13-4-6-8(19-13)5-20-11(6)14(17)18/h5,7H,2-4H2,1H3. The van der Waals surface area contributed by atoms with Crippen LogP contribution >= 0.6 is 11.3 Å². The summed E-state index contributed by atoms with van der Waals surface area (Å²) in [4.78, 5) is 40.5. The smallest absolute Gasteiger partial charge is 0.332 e. The molecular formula is C11H11N3O5S. The zero-order valence-electron chi connectivity index (χ0n) is 10.6. The maximum Gasteiger partial charge on any atom is 0.332 e. The van der Waals surface area contributed by atoms with Crippen molar-refractivity contribution in [2.24, 2.45) is 0 Å². The number of hydrogen-bond acceptors (Lipinski definition) is 7. The molecule has 2 amide bonds. The number of piperidine rings is 1. The van der Waals surface area contributed by atoms with Gasteiger partial charge >= 0.3 is 5.00 Å². The third-order valence-corrected chi connectivity index (χ3v) is 4.45. The molecule has 2 aliphatic heterocycles. The lowest BCUT2D eigenvalue weighted by atomic mass is 10.0. The predicted molar refractivity (Wildman–Crippen MR) is 67.9 cm³/mol. The van der Waals surface area contributed by atoms with Gasteiger partial charge < -0.3 is 4.84 Å². The summed E-state index contributed by atoms with van der Waals surface area (Å²) in [5.41, 5.74) is 0.493. The van der Waals surface area contributed by atoms with Crippen LogP contribution in [0.25, 0.3) is 0 Å². The number of thiophene rings is 1. The number of hydrogen-bond donors (Lipinski definition) is 0. The molecule has 8 nitrogen and oxygen atoms in total. The summed E-state index contributed by atoms with van der Waals surface area (Å²) in [6.45, 7) is 0.188. The van der Waals surface area contributed by atoms with Crippen LogP contribution in [0.2, 0.25) is 0 Å². The molecule has 20 heavy (non-hydrogen) atoms. The Balaban J connectivity index is 1.80. The maximum atomic E-state index is 12.1. The Hall–Kier alpha value is -2.00. The van der Waals surface area contributed by atoms with E-state index in [-0.39, 0.29) is 29.8 Å². The monoisotopic (exact) mass is 297 g/mol. The van der Waals surface area contributed by atoms with E-state index < -0.39 is 11.0 Å². The molecule has 1 aromatic heterocycles. The van der Waals surface area contributed by atoms with E-state index in [1.54, 1.807) is 5.38 Å². The van der Waals surface area contributed by atoms with E-state index >= 15 is 0 Å². The first-order chi connectivity index (χ1) is 9.49. The highest BCUT2D eigenvalue weighted by Gasteiger charge is 2.42. The molecule has 1 saturated heterocycles. The Morgan fingerprint density at radius 2 is 2.25 bits per heavy atom. The lowest BCUT2D eigenvalue weighted by Crippen LogP contribution is -2.52. The molecular weight excluding hydrogens is 286 g/mol. The molecule has 0 spiro atoms. The molecule has 106 valence electrons. The van der Waals surface area contributed by atoms with Gasteiger partial charge in [-0.25, -0.2) is 0 Å². The van der Waals surface area contributed by atoms with Crippen molar-refractivity contribution in [3.63, 3.8) is 0 Å². The van der Waals surface area contributed by atoms with E-state index in [2.05, 4.69) is 0 Å². The van der Waals surface area contributed by atoms with Gasteiger partial charge in [0.25, 0.3) is 0 Å². The number of imide groups is 1. The SMILES string of the molecule is CN1C(=O)CCC(N2Cc3c(csc3[N+](=O)[O-])O2)C1=O. The molecule has 1 fully saturated rings. The second-order valence-corrected chi connectivity index (χ2v) is 5.51. The minimum atomic E-state index is -0.574. The molecule has 0 N–H and O–H groups in total. The van der Waals surface area contributed by atoms with Gasteiger partial charge in [-0.3, -0.25) is 24.6 Å². The second kappa shape index (κ2) is 4.53. The number of likely N-dealkylation sites (tertiary alicyclic amines) is 1. The zero-order chi connectivity index (χ0) is 14.4. The van der Waals surface area contributed by atoms with Crippen LogP contribution in [0.15, 0.2) is 5.38 Å². The van der Waals surface area contributed by atoms with Crippen LogP contribution in [0.4, 0.5) is 5.00 Å². The lowest BCUT2D eigenvalue weighted by Gasteiger charge is -2.32. The van der Waals surface area contributed by atoms with Crippen molar-refractivity contribution in [2.75, 3.05) is 7.05 Å². The van der Waals surface area contributed by atoms with Crippen molar-refractivity contribution in [3.05, 3.63) is 21.1 Å². The molecule has 2 aliphatic rings. The summed E-state index contributed by atoms with van der Waals surface area (Å²) in [6.07, 6.45) is 0.630. The third kappa shape index (κ3) is 1.86. The van der Waals surface area contributed by atoms with Crippen molar-refractivity contribution < 1.29 is 19.3 Å². The van der Waals surface area contributed by atoms with Crippen molar-refractivity contribution in [1.29, 1.82) is 0 Å². The van der Waals surface area contributed by atoms with Crippen LogP contribution in [-0.4, -0.2) is 39.8 Å². The molecule has 0 aromatic carbocycles. The van der Waals surface area contributed by atoms with Gasteiger partial charge in [-0.15, -0.1) is 5.06 Å². The number of carbonyl (C=O) groups excluding carboxylic acids is 2. The highest BCUT2D eigenvalue weighted by atomic mass is 32.1. The quantitative estimate of drug-likeness (QED) is 0.457. The normalized spacial score (nSPS) is 22.9. The van der Waals surface area contributed by atoms with Gasteiger partial charge in [0.15, 0.2) is 5.75 Å². The number of nitrogens with zero attached hydrogens (tertiary/aromatic N) is 3. The Kier molecular flexibility index (Phi) is 2.94. The summed E-state index contributed by atoms with van der Waals surface area (Å²) >= 11 is 1.01. The van der Waals surface area contributed by atoms with Crippen LogP contribution in [0.5, 0.6) is 5.75 Å². The molecule has 3 rings (SSSR count). The molecule has 0 bridgehead atoms. The largest absolute Gasteiger partial charge is 0.403 e. The number of fused-ring (bicyclic) bond motifs is 1. The van der Waals surface area contributed by atoms with Crippen LogP contribution in [0, 0.1) is 10.1 Å². The van der Waals surface area contributed by atoms with Crippen molar-refractivity contribution in [2.45, 2.75) is 25.4 Å². The Labute approximate surface area is 117 Å². The van der Waals surface area contributed by atoms with Gasteiger partial charge in [-0.1, -0.05) is 11.3 Å². The first-order valence-corrected chi connectivity index (χ1v) is 6.86. The highest BCUT2D eigenvalue weighted by Crippen LogP contribution is 2.42. The summed E-state index contributed by atoms with van der Waals surface area (Å²) in [5.74, 6) is -0.127. The fraction of sp³-hybridized carbons (Fsp3) is 0.455. The summed E-state index contributed by atoms with van der Waals surface area (Å²) in [6, 6.07) is -0.574. The van der Waals surface area contributed by atoms with Gasteiger partial charge in [0, 0.05) is 18.8 Å². The number of likely N-dealkylation sites (N-methyl/N-ethyl adjacent to an activating group) is 1. The van der Waals surface area contributed by atoms with Crippen molar-refractivity contribution in [1.82, 2.24) is 9.96 Å². The number of hydroxylamine groups is 2. The van der Waals surface area contributed by atoms with E-state index in [1.807, 2.05) is 0 Å². The van der Waals surface area contributed by atoms with Gasteiger partial charge in [0.1, 0.15) is 11.6 Å². The summed E-state index contributed by atoms with van der Waals surface area (Å²) in [7, 11) is 1.44. The van der Waals surface area contributed by atoms with Gasteiger partial charge in [-0.2, -0.15) is 0 Å². The molecule has 0 saturated carbocycles. The van der Waals surface area contributed by atoms with E-state index in [0.29, 0.717) is 17.7 Å². The molecule has 0 radical (unpaired) electrons.